The molecule has 2 aromatic rings. The molecule has 21 heavy (non-hydrogen) atoms. The Kier molecular flexibility index (Phi) is 3.48. The molecule has 7 heteroatoms. The van der Waals surface area contributed by atoms with Crippen molar-refractivity contribution >= 4 is 23.0 Å². The summed E-state index contributed by atoms with van der Waals surface area (Å²) < 4.78 is 0. The molecule has 2 heterocycles. The highest BCUT2D eigenvalue weighted by Crippen LogP contribution is 2.38. The Balaban J connectivity index is 1.94. The van der Waals surface area contributed by atoms with Crippen LogP contribution in [-0.2, 0) is 11.2 Å². The Hall–Kier alpha value is -2.18. The van der Waals surface area contributed by atoms with Crippen LogP contribution < -0.4 is 5.73 Å². The van der Waals surface area contributed by atoms with Gasteiger partial charge in [0.2, 0.25) is 0 Å². The first-order valence-electron chi connectivity index (χ1n) is 7.29. The predicted octanol–water partition coefficient (Wildman–Crippen LogP) is 1.90. The second-order valence-electron chi connectivity index (χ2n) is 5.82. The molecule has 2 aromatic heterocycles. The summed E-state index contributed by atoms with van der Waals surface area (Å²) in [5.41, 5.74) is 6.13. The average Bonchev–Trinajstić information content (AvgIpc) is 2.70. The molecule has 0 unspecified atom stereocenters. The summed E-state index contributed by atoms with van der Waals surface area (Å²) >= 11 is 0. The number of aromatic amines is 1. The van der Waals surface area contributed by atoms with Gasteiger partial charge >= 0.3 is 5.97 Å². The largest absolute Gasteiger partial charge is 0.481 e. The third-order valence-electron chi connectivity index (χ3n) is 4.39. The second-order valence-corrected chi connectivity index (χ2v) is 5.82. The van der Waals surface area contributed by atoms with Crippen LogP contribution >= 0.6 is 0 Å². The van der Waals surface area contributed by atoms with Gasteiger partial charge in [-0.1, -0.05) is 25.7 Å². The van der Waals surface area contributed by atoms with E-state index in [0.29, 0.717) is 42.1 Å². The molecule has 1 aliphatic rings. The van der Waals surface area contributed by atoms with Gasteiger partial charge in [-0.25, -0.2) is 15.0 Å². The van der Waals surface area contributed by atoms with Crippen molar-refractivity contribution in [3.8, 4) is 0 Å². The Labute approximate surface area is 122 Å². The third-order valence-corrected chi connectivity index (χ3v) is 4.39. The van der Waals surface area contributed by atoms with Crippen molar-refractivity contribution in [2.24, 2.45) is 5.41 Å². The molecule has 112 valence electrons. The van der Waals surface area contributed by atoms with Crippen LogP contribution in [0.25, 0.3) is 11.2 Å². The number of carboxylic acids is 1. The molecular weight excluding hydrogens is 270 g/mol. The van der Waals surface area contributed by atoms with Gasteiger partial charge in [-0.3, -0.25) is 4.79 Å². The number of nitrogens with zero attached hydrogens (tertiary/aromatic N) is 3. The minimum atomic E-state index is -0.732. The number of carboxylic acid groups (broad SMARTS) is 1. The van der Waals surface area contributed by atoms with Gasteiger partial charge in [0, 0.05) is 6.42 Å². The lowest BCUT2D eigenvalue weighted by atomic mass is 9.77. The van der Waals surface area contributed by atoms with Crippen LogP contribution in [0, 0.1) is 5.41 Å². The monoisotopic (exact) mass is 289 g/mol. The maximum absolute atomic E-state index is 11.8. The van der Waals surface area contributed by atoms with Gasteiger partial charge in [-0.15, -0.1) is 0 Å². The van der Waals surface area contributed by atoms with E-state index < -0.39 is 11.4 Å². The fraction of sp³-hybridized carbons (Fsp3) is 0.571. The van der Waals surface area contributed by atoms with Gasteiger partial charge in [0.1, 0.15) is 17.7 Å². The summed E-state index contributed by atoms with van der Waals surface area (Å²) in [5, 5.41) is 9.71. The summed E-state index contributed by atoms with van der Waals surface area (Å²) in [4.78, 5) is 27.3. The van der Waals surface area contributed by atoms with Crippen LogP contribution in [0.2, 0.25) is 0 Å². The number of nitrogens with two attached hydrogens (primary N) is 1. The van der Waals surface area contributed by atoms with E-state index in [2.05, 4.69) is 19.9 Å². The van der Waals surface area contributed by atoms with E-state index in [-0.39, 0.29) is 0 Å². The number of imidazole rings is 1. The minimum absolute atomic E-state index is 0.337. The lowest BCUT2D eigenvalue weighted by Crippen LogP contribution is -2.33. The van der Waals surface area contributed by atoms with Crippen molar-refractivity contribution in [3.05, 3.63) is 12.2 Å². The normalized spacial score (nSPS) is 18.5. The molecule has 0 aliphatic heterocycles. The number of fused-ring (bicyclic) bond motifs is 1. The standard InChI is InChI=1S/C14H19N5O2/c15-11-10-12(17-8-16-11)19-9(18-10)7-14(13(20)21)5-3-1-2-4-6-14/h8H,1-7H2,(H,20,21)(H3,15,16,17,18,19). The van der Waals surface area contributed by atoms with Crippen LogP contribution in [0.3, 0.4) is 0 Å². The molecule has 0 atom stereocenters. The number of hydrogen-bond donors (Lipinski definition) is 3. The molecule has 0 radical (unpaired) electrons. The number of anilines is 1. The summed E-state index contributed by atoms with van der Waals surface area (Å²) in [6.07, 6.45) is 7.25. The van der Waals surface area contributed by atoms with E-state index in [9.17, 15) is 9.90 Å². The minimum Gasteiger partial charge on any atom is -0.481 e. The highest BCUT2D eigenvalue weighted by Gasteiger charge is 2.39. The van der Waals surface area contributed by atoms with E-state index >= 15 is 0 Å². The maximum Gasteiger partial charge on any atom is 0.310 e. The van der Waals surface area contributed by atoms with E-state index in [1.165, 1.54) is 6.33 Å². The lowest BCUT2D eigenvalue weighted by molar-refractivity contribution is -0.150. The van der Waals surface area contributed by atoms with Crippen molar-refractivity contribution in [3.63, 3.8) is 0 Å². The van der Waals surface area contributed by atoms with Gasteiger partial charge in [0.15, 0.2) is 11.5 Å². The number of nitrogen functional groups attached to an aromatic ring is 1. The van der Waals surface area contributed by atoms with Crippen molar-refractivity contribution in [2.45, 2.75) is 44.9 Å². The molecule has 0 saturated heterocycles. The molecule has 3 rings (SSSR count). The first-order valence-corrected chi connectivity index (χ1v) is 7.29. The Morgan fingerprint density at radius 1 is 1.29 bits per heavy atom. The highest BCUT2D eigenvalue weighted by molar-refractivity contribution is 5.81. The first-order chi connectivity index (χ1) is 10.1. The highest BCUT2D eigenvalue weighted by atomic mass is 16.4. The van der Waals surface area contributed by atoms with Crippen LogP contribution in [0.4, 0.5) is 5.82 Å². The number of aliphatic carboxylic acids is 1. The Morgan fingerprint density at radius 3 is 2.62 bits per heavy atom. The van der Waals surface area contributed by atoms with Crippen molar-refractivity contribution in [1.29, 1.82) is 0 Å². The predicted molar refractivity (Wildman–Crippen MR) is 77.6 cm³/mol. The number of aromatic nitrogens is 4. The fourth-order valence-electron chi connectivity index (χ4n) is 3.17. The van der Waals surface area contributed by atoms with Gasteiger partial charge < -0.3 is 15.8 Å². The molecule has 0 aromatic carbocycles. The maximum atomic E-state index is 11.8. The molecule has 0 bridgehead atoms. The van der Waals surface area contributed by atoms with Crippen LogP contribution in [0.5, 0.6) is 0 Å². The zero-order chi connectivity index (χ0) is 14.9. The van der Waals surface area contributed by atoms with Gasteiger partial charge in [0.25, 0.3) is 0 Å². The van der Waals surface area contributed by atoms with Gasteiger partial charge in [-0.05, 0) is 12.8 Å². The average molecular weight is 289 g/mol. The van der Waals surface area contributed by atoms with Crippen molar-refractivity contribution in [2.75, 3.05) is 5.73 Å². The first kappa shape index (κ1) is 13.8. The third kappa shape index (κ3) is 2.55. The number of H-pyrrole nitrogens is 1. The Bertz CT molecular complexity index is 658. The molecule has 1 fully saturated rings. The molecule has 4 N–H and O–H groups in total. The zero-order valence-electron chi connectivity index (χ0n) is 11.8. The van der Waals surface area contributed by atoms with Crippen LogP contribution in [-0.4, -0.2) is 31.0 Å². The SMILES string of the molecule is Nc1ncnc2nc(CC3(C(=O)O)CCCCCC3)[nH]c12. The number of nitrogens with one attached hydrogen (secondary N) is 1. The number of hydrogen-bond acceptors (Lipinski definition) is 5. The van der Waals surface area contributed by atoms with Gasteiger partial charge in [-0.2, -0.15) is 0 Å². The molecule has 0 spiro atoms. The molecule has 1 saturated carbocycles. The summed E-state index contributed by atoms with van der Waals surface area (Å²) in [6.45, 7) is 0. The molecule has 7 nitrogen and oxygen atoms in total. The van der Waals surface area contributed by atoms with E-state index in [1.807, 2.05) is 0 Å². The fourth-order valence-corrected chi connectivity index (χ4v) is 3.17. The van der Waals surface area contributed by atoms with Crippen molar-refractivity contribution < 1.29 is 9.90 Å². The van der Waals surface area contributed by atoms with Gasteiger partial charge in [0.05, 0.1) is 5.41 Å². The Morgan fingerprint density at radius 2 is 2.00 bits per heavy atom. The van der Waals surface area contributed by atoms with Crippen LogP contribution in [0.1, 0.15) is 44.3 Å². The smallest absolute Gasteiger partial charge is 0.310 e. The number of rotatable bonds is 3. The molecular formula is C14H19N5O2. The quantitative estimate of drug-likeness (QED) is 0.743. The van der Waals surface area contributed by atoms with E-state index in [1.54, 1.807) is 0 Å². The van der Waals surface area contributed by atoms with Crippen LogP contribution in [0.15, 0.2) is 6.33 Å². The van der Waals surface area contributed by atoms with E-state index in [0.717, 1.165) is 25.7 Å². The van der Waals surface area contributed by atoms with E-state index in [4.69, 9.17) is 5.73 Å². The zero-order valence-corrected chi connectivity index (χ0v) is 11.8. The summed E-state index contributed by atoms with van der Waals surface area (Å²) in [5.74, 6) is 0.231. The van der Waals surface area contributed by atoms with Crippen molar-refractivity contribution in [1.82, 2.24) is 19.9 Å². The summed E-state index contributed by atoms with van der Waals surface area (Å²) in [7, 11) is 0. The number of carbonyl (C=O) groups is 1. The lowest BCUT2D eigenvalue weighted by Gasteiger charge is -2.26. The summed E-state index contributed by atoms with van der Waals surface area (Å²) in [6, 6.07) is 0. The topological polar surface area (TPSA) is 118 Å². The second kappa shape index (κ2) is 5.31. The molecule has 1 aliphatic carbocycles. The molecule has 0 amide bonds.